The second-order valence-corrected chi connectivity index (χ2v) is 5.78. The second-order valence-electron chi connectivity index (χ2n) is 4.93. The summed E-state index contributed by atoms with van der Waals surface area (Å²) in [5.74, 6) is 5.85. The number of hydrazine groups is 1. The largest absolute Gasteiger partial charge is 0.417 e. The lowest BCUT2D eigenvalue weighted by Crippen LogP contribution is -2.32. The van der Waals surface area contributed by atoms with Crippen molar-refractivity contribution in [3.05, 3.63) is 33.8 Å². The van der Waals surface area contributed by atoms with Crippen molar-refractivity contribution in [1.82, 2.24) is 5.43 Å². The van der Waals surface area contributed by atoms with Crippen LogP contribution < -0.4 is 11.3 Å². The quantitative estimate of drug-likeness (QED) is 0.642. The van der Waals surface area contributed by atoms with Gasteiger partial charge in [-0.1, -0.05) is 34.8 Å². The van der Waals surface area contributed by atoms with Gasteiger partial charge in [0.15, 0.2) is 0 Å². The van der Waals surface area contributed by atoms with E-state index in [-0.39, 0.29) is 10.5 Å². The van der Waals surface area contributed by atoms with Gasteiger partial charge in [-0.2, -0.15) is 13.2 Å². The van der Waals surface area contributed by atoms with Gasteiger partial charge in [-0.05, 0) is 36.5 Å². The molecular weight excluding hydrogens is 321 g/mol. The Morgan fingerprint density at radius 2 is 1.89 bits per heavy atom. The van der Waals surface area contributed by atoms with Crippen molar-refractivity contribution in [2.75, 3.05) is 0 Å². The molecule has 1 aromatic rings. The number of hydrogen-bond donors (Lipinski definition) is 2. The zero-order valence-electron chi connectivity index (χ0n) is 10.3. The van der Waals surface area contributed by atoms with E-state index < -0.39 is 11.7 Å². The van der Waals surface area contributed by atoms with E-state index in [4.69, 9.17) is 5.84 Å². The molecule has 0 aliphatic heterocycles. The SMILES string of the molecule is NNC(c1ccc(Br)c(C(F)(F)F)c1)C1CCCC1. The lowest BCUT2D eigenvalue weighted by Gasteiger charge is -2.24. The van der Waals surface area contributed by atoms with Crippen molar-refractivity contribution in [1.29, 1.82) is 0 Å². The first-order valence-corrected chi connectivity index (χ1v) is 7.05. The maximum absolute atomic E-state index is 12.9. The van der Waals surface area contributed by atoms with Crippen LogP contribution in [0.4, 0.5) is 13.2 Å². The first-order chi connectivity index (χ1) is 8.93. The van der Waals surface area contributed by atoms with Gasteiger partial charge in [-0.15, -0.1) is 0 Å². The summed E-state index contributed by atoms with van der Waals surface area (Å²) < 4.78 is 38.7. The molecule has 6 heteroatoms. The van der Waals surface area contributed by atoms with Gasteiger partial charge >= 0.3 is 6.18 Å². The third-order valence-electron chi connectivity index (χ3n) is 3.71. The molecule has 0 aromatic heterocycles. The minimum atomic E-state index is -4.36. The fraction of sp³-hybridized carbons (Fsp3) is 0.538. The molecule has 1 atom stereocenters. The number of nitrogens with two attached hydrogens (primary N) is 1. The standard InChI is InChI=1S/C13H16BrF3N2/c14-11-6-5-9(7-10(11)13(15,16)17)12(19-18)8-3-1-2-4-8/h5-8,12,19H,1-4,18H2. The van der Waals surface area contributed by atoms with Crippen LogP contribution in [-0.4, -0.2) is 0 Å². The highest BCUT2D eigenvalue weighted by molar-refractivity contribution is 9.10. The number of halogens is 4. The monoisotopic (exact) mass is 336 g/mol. The molecular formula is C13H16BrF3N2. The molecule has 3 N–H and O–H groups in total. The van der Waals surface area contributed by atoms with E-state index in [0.29, 0.717) is 11.5 Å². The summed E-state index contributed by atoms with van der Waals surface area (Å²) in [6.45, 7) is 0. The van der Waals surface area contributed by atoms with Gasteiger partial charge in [0.05, 0.1) is 5.56 Å². The van der Waals surface area contributed by atoms with Gasteiger partial charge < -0.3 is 0 Å². The number of alkyl halides is 3. The van der Waals surface area contributed by atoms with E-state index in [0.717, 1.165) is 25.7 Å². The van der Waals surface area contributed by atoms with E-state index in [1.807, 2.05) is 0 Å². The summed E-state index contributed by atoms with van der Waals surface area (Å²) in [4.78, 5) is 0. The average Bonchev–Trinajstić information content (AvgIpc) is 2.84. The maximum atomic E-state index is 12.9. The van der Waals surface area contributed by atoms with Crippen molar-refractivity contribution in [2.45, 2.75) is 37.9 Å². The molecule has 1 unspecified atom stereocenters. The summed E-state index contributed by atoms with van der Waals surface area (Å²) >= 11 is 2.95. The van der Waals surface area contributed by atoms with Gasteiger partial charge in [-0.3, -0.25) is 11.3 Å². The number of benzene rings is 1. The van der Waals surface area contributed by atoms with Crippen LogP contribution in [-0.2, 0) is 6.18 Å². The highest BCUT2D eigenvalue weighted by atomic mass is 79.9. The molecule has 1 saturated carbocycles. The average molecular weight is 337 g/mol. The molecule has 0 spiro atoms. The van der Waals surface area contributed by atoms with E-state index >= 15 is 0 Å². The number of rotatable bonds is 3. The zero-order chi connectivity index (χ0) is 14.0. The molecule has 0 bridgehead atoms. The summed E-state index contributed by atoms with van der Waals surface area (Å²) in [5.41, 5.74) is 2.63. The predicted molar refractivity (Wildman–Crippen MR) is 71.2 cm³/mol. The lowest BCUT2D eigenvalue weighted by atomic mass is 9.91. The molecule has 19 heavy (non-hydrogen) atoms. The smallest absolute Gasteiger partial charge is 0.271 e. The van der Waals surface area contributed by atoms with Crippen LogP contribution in [0.5, 0.6) is 0 Å². The van der Waals surface area contributed by atoms with E-state index in [1.165, 1.54) is 12.1 Å². The Labute approximate surface area is 118 Å². The minimum absolute atomic E-state index is 0.0611. The van der Waals surface area contributed by atoms with Crippen LogP contribution in [0.15, 0.2) is 22.7 Å². The predicted octanol–water partition coefficient (Wildman–Crippen LogP) is 4.16. The molecule has 2 nitrogen and oxygen atoms in total. The Morgan fingerprint density at radius 1 is 1.26 bits per heavy atom. The first kappa shape index (κ1) is 14.8. The van der Waals surface area contributed by atoms with Crippen LogP contribution in [0.3, 0.4) is 0 Å². The first-order valence-electron chi connectivity index (χ1n) is 6.26. The molecule has 0 radical (unpaired) electrons. The van der Waals surface area contributed by atoms with Crippen molar-refractivity contribution < 1.29 is 13.2 Å². The van der Waals surface area contributed by atoms with Crippen LogP contribution in [0.2, 0.25) is 0 Å². The molecule has 0 heterocycles. The van der Waals surface area contributed by atoms with Crippen molar-refractivity contribution >= 4 is 15.9 Å². The van der Waals surface area contributed by atoms with Gasteiger partial charge in [0.1, 0.15) is 0 Å². The lowest BCUT2D eigenvalue weighted by molar-refractivity contribution is -0.138. The fourth-order valence-electron chi connectivity index (χ4n) is 2.75. The van der Waals surface area contributed by atoms with Gasteiger partial charge in [0.2, 0.25) is 0 Å². The van der Waals surface area contributed by atoms with Crippen LogP contribution in [0.1, 0.15) is 42.9 Å². The fourth-order valence-corrected chi connectivity index (χ4v) is 3.22. The van der Waals surface area contributed by atoms with Gasteiger partial charge in [0, 0.05) is 10.5 Å². The molecule has 2 rings (SSSR count). The van der Waals surface area contributed by atoms with E-state index in [2.05, 4.69) is 21.4 Å². The molecule has 0 amide bonds. The third-order valence-corrected chi connectivity index (χ3v) is 4.40. The van der Waals surface area contributed by atoms with Crippen molar-refractivity contribution in [2.24, 2.45) is 11.8 Å². The molecule has 1 fully saturated rings. The Bertz CT molecular complexity index is 442. The van der Waals surface area contributed by atoms with Crippen LogP contribution in [0.25, 0.3) is 0 Å². The third kappa shape index (κ3) is 3.30. The Kier molecular flexibility index (Phi) is 4.53. The number of nitrogens with one attached hydrogen (secondary N) is 1. The highest BCUT2D eigenvalue weighted by Crippen LogP contribution is 2.39. The normalized spacial score (nSPS) is 18.8. The Morgan fingerprint density at radius 3 is 2.42 bits per heavy atom. The summed E-state index contributed by atoms with van der Waals surface area (Å²) in [6.07, 6.45) is -0.112. The molecule has 1 aliphatic rings. The highest BCUT2D eigenvalue weighted by Gasteiger charge is 2.34. The topological polar surface area (TPSA) is 38.0 Å². The summed E-state index contributed by atoms with van der Waals surface area (Å²) in [6, 6.07) is 4.11. The van der Waals surface area contributed by atoms with E-state index in [1.54, 1.807) is 6.07 Å². The maximum Gasteiger partial charge on any atom is 0.417 e. The number of hydrogen-bond acceptors (Lipinski definition) is 2. The van der Waals surface area contributed by atoms with Gasteiger partial charge in [-0.25, -0.2) is 0 Å². The van der Waals surface area contributed by atoms with Crippen molar-refractivity contribution in [3.63, 3.8) is 0 Å². The molecule has 1 aromatic carbocycles. The van der Waals surface area contributed by atoms with Gasteiger partial charge in [0.25, 0.3) is 0 Å². The molecule has 106 valence electrons. The second kappa shape index (κ2) is 5.81. The Hall–Kier alpha value is -0.590. The molecule has 1 aliphatic carbocycles. The van der Waals surface area contributed by atoms with Crippen LogP contribution in [0, 0.1) is 5.92 Å². The van der Waals surface area contributed by atoms with Crippen LogP contribution >= 0.6 is 15.9 Å². The summed E-state index contributed by atoms with van der Waals surface area (Å²) in [5, 5.41) is 0. The summed E-state index contributed by atoms with van der Waals surface area (Å²) in [7, 11) is 0. The minimum Gasteiger partial charge on any atom is -0.271 e. The Balaban J connectivity index is 2.33. The zero-order valence-corrected chi connectivity index (χ0v) is 11.9. The van der Waals surface area contributed by atoms with E-state index in [9.17, 15) is 13.2 Å². The molecule has 0 saturated heterocycles. The van der Waals surface area contributed by atoms with Crippen molar-refractivity contribution in [3.8, 4) is 0 Å².